The summed E-state index contributed by atoms with van der Waals surface area (Å²) in [6.45, 7) is 6.35. The molecule has 5 nitrogen and oxygen atoms in total. The molecule has 17 heavy (non-hydrogen) atoms. The smallest absolute Gasteiger partial charge is 0.269 e. The van der Waals surface area contributed by atoms with Crippen LogP contribution >= 0.6 is 0 Å². The van der Waals surface area contributed by atoms with Crippen LogP contribution in [0.15, 0.2) is 12.3 Å². The van der Waals surface area contributed by atoms with Crippen LogP contribution in [-0.2, 0) is 0 Å². The molecule has 0 bridgehead atoms. The van der Waals surface area contributed by atoms with Crippen molar-refractivity contribution >= 4 is 5.91 Å². The zero-order valence-corrected chi connectivity index (χ0v) is 10.7. The van der Waals surface area contributed by atoms with E-state index in [1.807, 2.05) is 20.8 Å². The maximum atomic E-state index is 11.8. The third-order valence-corrected chi connectivity index (χ3v) is 2.63. The molecular weight excluding hydrogens is 218 g/mol. The Kier molecular flexibility index (Phi) is 5.15. The SMILES string of the molecule is CCC(O)CCNC(=O)c1ccnn1C(C)C. The van der Waals surface area contributed by atoms with Gasteiger partial charge in [-0.3, -0.25) is 9.48 Å². The van der Waals surface area contributed by atoms with E-state index >= 15 is 0 Å². The van der Waals surface area contributed by atoms with Crippen molar-refractivity contribution < 1.29 is 9.90 Å². The fourth-order valence-electron chi connectivity index (χ4n) is 1.55. The summed E-state index contributed by atoms with van der Waals surface area (Å²) >= 11 is 0. The van der Waals surface area contributed by atoms with Crippen LogP contribution in [0.1, 0.15) is 50.1 Å². The number of amides is 1. The number of rotatable bonds is 6. The molecule has 1 aromatic rings. The molecule has 2 N–H and O–H groups in total. The van der Waals surface area contributed by atoms with Crippen molar-refractivity contribution in [3.8, 4) is 0 Å². The van der Waals surface area contributed by atoms with Gasteiger partial charge in [0.15, 0.2) is 0 Å². The molecule has 0 aromatic carbocycles. The summed E-state index contributed by atoms with van der Waals surface area (Å²) in [5.41, 5.74) is 0.561. The van der Waals surface area contributed by atoms with Gasteiger partial charge in [0.25, 0.3) is 5.91 Å². The number of aromatic nitrogens is 2. The van der Waals surface area contributed by atoms with E-state index < -0.39 is 0 Å². The van der Waals surface area contributed by atoms with Crippen LogP contribution in [0.4, 0.5) is 0 Å². The lowest BCUT2D eigenvalue weighted by Gasteiger charge is -2.12. The maximum absolute atomic E-state index is 11.8. The largest absolute Gasteiger partial charge is 0.393 e. The lowest BCUT2D eigenvalue weighted by atomic mass is 10.2. The zero-order valence-electron chi connectivity index (χ0n) is 10.7. The third kappa shape index (κ3) is 3.85. The lowest BCUT2D eigenvalue weighted by molar-refractivity contribution is 0.0929. The number of aliphatic hydroxyl groups is 1. The normalized spacial score (nSPS) is 12.8. The number of carbonyl (C=O) groups is 1. The Balaban J connectivity index is 2.50. The van der Waals surface area contributed by atoms with Gasteiger partial charge < -0.3 is 10.4 Å². The number of nitrogens with zero attached hydrogens (tertiary/aromatic N) is 2. The molecule has 0 saturated heterocycles. The standard InChI is InChI=1S/C12H21N3O2/c1-4-10(16)5-7-13-12(17)11-6-8-14-15(11)9(2)3/h6,8-10,16H,4-5,7H2,1-3H3,(H,13,17). The van der Waals surface area contributed by atoms with E-state index in [9.17, 15) is 9.90 Å². The monoisotopic (exact) mass is 239 g/mol. The summed E-state index contributed by atoms with van der Waals surface area (Å²) in [6.07, 6.45) is 2.57. The molecule has 1 amide bonds. The van der Waals surface area contributed by atoms with E-state index in [1.54, 1.807) is 16.9 Å². The van der Waals surface area contributed by atoms with Gasteiger partial charge in [0.2, 0.25) is 0 Å². The number of carbonyl (C=O) groups excluding carboxylic acids is 1. The zero-order chi connectivity index (χ0) is 12.8. The second-order valence-electron chi connectivity index (χ2n) is 4.36. The minimum atomic E-state index is -0.342. The average molecular weight is 239 g/mol. The van der Waals surface area contributed by atoms with E-state index in [0.29, 0.717) is 25.1 Å². The van der Waals surface area contributed by atoms with Gasteiger partial charge in [-0.2, -0.15) is 5.10 Å². The van der Waals surface area contributed by atoms with Gasteiger partial charge in [-0.15, -0.1) is 0 Å². The molecule has 0 radical (unpaired) electrons. The van der Waals surface area contributed by atoms with Crippen LogP contribution in [-0.4, -0.2) is 33.4 Å². The summed E-state index contributed by atoms with van der Waals surface area (Å²) in [5.74, 6) is -0.139. The highest BCUT2D eigenvalue weighted by Crippen LogP contribution is 2.07. The fourth-order valence-corrected chi connectivity index (χ4v) is 1.55. The highest BCUT2D eigenvalue weighted by molar-refractivity contribution is 5.92. The average Bonchev–Trinajstić information content (AvgIpc) is 2.77. The maximum Gasteiger partial charge on any atom is 0.269 e. The molecule has 5 heteroatoms. The summed E-state index contributed by atoms with van der Waals surface area (Å²) in [7, 11) is 0. The van der Waals surface area contributed by atoms with Crippen molar-refractivity contribution in [1.82, 2.24) is 15.1 Å². The molecule has 96 valence electrons. The van der Waals surface area contributed by atoms with E-state index in [-0.39, 0.29) is 18.1 Å². The summed E-state index contributed by atoms with van der Waals surface area (Å²) in [6, 6.07) is 1.86. The molecule has 1 aromatic heterocycles. The number of aliphatic hydroxyl groups excluding tert-OH is 1. The minimum absolute atomic E-state index is 0.139. The van der Waals surface area contributed by atoms with Crippen molar-refractivity contribution in [3.05, 3.63) is 18.0 Å². The lowest BCUT2D eigenvalue weighted by Crippen LogP contribution is -2.29. The molecule has 1 unspecified atom stereocenters. The van der Waals surface area contributed by atoms with Gasteiger partial charge in [0, 0.05) is 18.8 Å². The van der Waals surface area contributed by atoms with Gasteiger partial charge in [0.1, 0.15) is 5.69 Å². The molecule has 1 atom stereocenters. The third-order valence-electron chi connectivity index (χ3n) is 2.63. The van der Waals surface area contributed by atoms with Crippen LogP contribution in [0.25, 0.3) is 0 Å². The van der Waals surface area contributed by atoms with Crippen LogP contribution in [0.5, 0.6) is 0 Å². The molecule has 1 rings (SSSR count). The number of hydrogen-bond acceptors (Lipinski definition) is 3. The quantitative estimate of drug-likeness (QED) is 0.787. The predicted molar refractivity (Wildman–Crippen MR) is 65.9 cm³/mol. The topological polar surface area (TPSA) is 67.2 Å². The van der Waals surface area contributed by atoms with Crippen molar-refractivity contribution in [2.45, 2.75) is 45.8 Å². The number of hydrogen-bond donors (Lipinski definition) is 2. The second kappa shape index (κ2) is 6.39. The Morgan fingerprint density at radius 3 is 2.88 bits per heavy atom. The Labute approximate surface area is 102 Å². The molecule has 0 aliphatic rings. The van der Waals surface area contributed by atoms with Crippen LogP contribution in [0, 0.1) is 0 Å². The van der Waals surface area contributed by atoms with Crippen LogP contribution in [0.2, 0.25) is 0 Å². The Hall–Kier alpha value is -1.36. The highest BCUT2D eigenvalue weighted by Gasteiger charge is 2.13. The van der Waals surface area contributed by atoms with Crippen LogP contribution in [0.3, 0.4) is 0 Å². The molecule has 0 spiro atoms. The highest BCUT2D eigenvalue weighted by atomic mass is 16.3. The van der Waals surface area contributed by atoms with Crippen molar-refractivity contribution in [2.24, 2.45) is 0 Å². The summed E-state index contributed by atoms with van der Waals surface area (Å²) in [4.78, 5) is 11.8. The fraction of sp³-hybridized carbons (Fsp3) is 0.667. The molecule has 0 fully saturated rings. The van der Waals surface area contributed by atoms with E-state index in [4.69, 9.17) is 0 Å². The Bertz CT molecular complexity index is 360. The van der Waals surface area contributed by atoms with Crippen molar-refractivity contribution in [1.29, 1.82) is 0 Å². The first-order valence-corrected chi connectivity index (χ1v) is 6.06. The first-order chi connectivity index (χ1) is 8.06. The molecule has 0 saturated carbocycles. The van der Waals surface area contributed by atoms with E-state index in [2.05, 4.69) is 10.4 Å². The van der Waals surface area contributed by atoms with Gasteiger partial charge in [0.05, 0.1) is 6.10 Å². The minimum Gasteiger partial charge on any atom is -0.393 e. The van der Waals surface area contributed by atoms with Crippen LogP contribution < -0.4 is 5.32 Å². The first-order valence-electron chi connectivity index (χ1n) is 6.06. The first kappa shape index (κ1) is 13.7. The van der Waals surface area contributed by atoms with Crippen molar-refractivity contribution in [2.75, 3.05) is 6.54 Å². The predicted octanol–water partition coefficient (Wildman–Crippen LogP) is 1.35. The second-order valence-corrected chi connectivity index (χ2v) is 4.36. The summed E-state index contributed by atoms with van der Waals surface area (Å²) in [5, 5.41) is 16.3. The van der Waals surface area contributed by atoms with Gasteiger partial charge in [-0.1, -0.05) is 6.92 Å². The van der Waals surface area contributed by atoms with E-state index in [1.165, 1.54) is 0 Å². The van der Waals surface area contributed by atoms with E-state index in [0.717, 1.165) is 0 Å². The van der Waals surface area contributed by atoms with Crippen molar-refractivity contribution in [3.63, 3.8) is 0 Å². The van der Waals surface area contributed by atoms with Gasteiger partial charge in [-0.25, -0.2) is 0 Å². The number of nitrogens with one attached hydrogen (secondary N) is 1. The van der Waals surface area contributed by atoms with Gasteiger partial charge in [-0.05, 0) is 32.8 Å². The molecular formula is C12H21N3O2. The van der Waals surface area contributed by atoms with Gasteiger partial charge >= 0.3 is 0 Å². The Morgan fingerprint density at radius 1 is 1.59 bits per heavy atom. The summed E-state index contributed by atoms with van der Waals surface area (Å²) < 4.78 is 1.69. The Morgan fingerprint density at radius 2 is 2.29 bits per heavy atom. The molecule has 1 heterocycles. The molecule has 0 aliphatic carbocycles. The molecule has 0 aliphatic heterocycles.